The summed E-state index contributed by atoms with van der Waals surface area (Å²) in [6.45, 7) is 6.33. The fourth-order valence-electron chi connectivity index (χ4n) is 4.52. The molecule has 2 aromatic rings. The number of likely N-dealkylation sites (N-methyl/N-ethyl adjacent to an activating group) is 1. The first-order valence-corrected chi connectivity index (χ1v) is 10.9. The molecule has 1 aromatic carbocycles. The van der Waals surface area contributed by atoms with E-state index in [1.54, 1.807) is 11.8 Å². The Labute approximate surface area is 165 Å². The molecule has 5 nitrogen and oxygen atoms in total. The van der Waals surface area contributed by atoms with E-state index in [1.165, 1.54) is 32.5 Å². The summed E-state index contributed by atoms with van der Waals surface area (Å²) in [6.07, 6.45) is 7.62. The zero-order valence-corrected chi connectivity index (χ0v) is 17.3. The number of nitrogens with zero attached hydrogens (tertiary/aromatic N) is 2. The zero-order chi connectivity index (χ0) is 19.1. The number of carbonyl (C=O) groups is 1. The van der Waals surface area contributed by atoms with Crippen LogP contribution in [0.1, 0.15) is 25.0 Å². The van der Waals surface area contributed by atoms with E-state index in [4.69, 9.17) is 0 Å². The van der Waals surface area contributed by atoms with Crippen molar-refractivity contribution in [2.24, 2.45) is 0 Å². The Bertz CT molecular complexity index is 899. The molecule has 2 atom stereocenters. The van der Waals surface area contributed by atoms with Crippen LogP contribution in [0.2, 0.25) is 0 Å². The van der Waals surface area contributed by atoms with E-state index in [1.807, 2.05) is 18.7 Å². The minimum Gasteiger partial charge on any atom is -0.361 e. The standard InChI is InChI=1S/C21H28N4OS/c1-5-25(6-2)21(26)23-14-10-15-17(24(3)12-14)9-13-11-22-16-7-8-18(27-4)20(15)19(13)16/h7-8,10-11,14,17,22H,5-6,9,12H2,1-4H3,(H,23,26)/t14-,17+/m0/s1. The van der Waals surface area contributed by atoms with Crippen molar-refractivity contribution in [3.63, 3.8) is 0 Å². The van der Waals surface area contributed by atoms with Crippen molar-refractivity contribution >= 4 is 34.3 Å². The molecule has 6 heteroatoms. The number of urea groups is 1. The van der Waals surface area contributed by atoms with Gasteiger partial charge in [0.1, 0.15) is 0 Å². The molecular formula is C21H28N4OS. The fourth-order valence-corrected chi connectivity index (χ4v) is 5.15. The molecule has 144 valence electrons. The van der Waals surface area contributed by atoms with Crippen LogP contribution in [0.25, 0.3) is 16.5 Å². The predicted molar refractivity (Wildman–Crippen MR) is 113 cm³/mol. The lowest BCUT2D eigenvalue weighted by molar-refractivity contribution is 0.193. The Balaban J connectivity index is 1.76. The Kier molecular flexibility index (Phi) is 4.95. The Morgan fingerprint density at radius 2 is 2.15 bits per heavy atom. The first-order valence-electron chi connectivity index (χ1n) is 9.72. The number of thioether (sulfide) groups is 1. The van der Waals surface area contributed by atoms with Gasteiger partial charge < -0.3 is 15.2 Å². The number of H-pyrrole nitrogens is 1. The average molecular weight is 385 g/mol. The number of aromatic nitrogens is 1. The summed E-state index contributed by atoms with van der Waals surface area (Å²) < 4.78 is 0. The molecule has 27 heavy (non-hydrogen) atoms. The summed E-state index contributed by atoms with van der Waals surface area (Å²) in [5.74, 6) is 0. The molecule has 1 aliphatic carbocycles. The number of aromatic amines is 1. The van der Waals surface area contributed by atoms with Crippen LogP contribution in [0.4, 0.5) is 4.79 Å². The topological polar surface area (TPSA) is 51.4 Å². The second kappa shape index (κ2) is 7.24. The number of rotatable bonds is 4. The highest BCUT2D eigenvalue weighted by atomic mass is 32.2. The van der Waals surface area contributed by atoms with Gasteiger partial charge in [0, 0.05) is 53.2 Å². The lowest BCUT2D eigenvalue weighted by Crippen LogP contribution is -2.52. The van der Waals surface area contributed by atoms with E-state index >= 15 is 0 Å². The third-order valence-electron chi connectivity index (χ3n) is 5.93. The highest BCUT2D eigenvalue weighted by Crippen LogP contribution is 2.44. The van der Waals surface area contributed by atoms with E-state index in [-0.39, 0.29) is 12.1 Å². The van der Waals surface area contributed by atoms with Gasteiger partial charge in [-0.1, -0.05) is 6.08 Å². The Morgan fingerprint density at radius 3 is 2.85 bits per heavy atom. The van der Waals surface area contributed by atoms with E-state index < -0.39 is 0 Å². The van der Waals surface area contributed by atoms with Crippen LogP contribution < -0.4 is 5.32 Å². The van der Waals surface area contributed by atoms with E-state index in [2.05, 4.69) is 52.9 Å². The van der Waals surface area contributed by atoms with Gasteiger partial charge in [-0.3, -0.25) is 4.90 Å². The third-order valence-corrected chi connectivity index (χ3v) is 6.71. The molecule has 2 aliphatic rings. The van der Waals surface area contributed by atoms with Gasteiger partial charge >= 0.3 is 6.03 Å². The number of fused-ring (bicyclic) bond motifs is 2. The summed E-state index contributed by atoms with van der Waals surface area (Å²) in [5.41, 5.74) is 5.31. The molecule has 0 unspecified atom stereocenters. The maximum Gasteiger partial charge on any atom is 0.317 e. The molecule has 2 heterocycles. The highest BCUT2D eigenvalue weighted by molar-refractivity contribution is 7.98. The summed E-state index contributed by atoms with van der Waals surface area (Å²) >= 11 is 1.80. The van der Waals surface area contributed by atoms with E-state index in [9.17, 15) is 4.79 Å². The average Bonchev–Trinajstić information content (AvgIpc) is 3.07. The molecule has 0 radical (unpaired) electrons. The lowest BCUT2D eigenvalue weighted by atomic mass is 9.81. The minimum atomic E-state index is 0.0233. The van der Waals surface area contributed by atoms with Crippen LogP contribution in [0, 0.1) is 0 Å². The largest absolute Gasteiger partial charge is 0.361 e. The van der Waals surface area contributed by atoms with Gasteiger partial charge in [-0.2, -0.15) is 0 Å². The summed E-state index contributed by atoms with van der Waals surface area (Å²) in [7, 11) is 2.17. The van der Waals surface area contributed by atoms with Gasteiger partial charge in [0.25, 0.3) is 0 Å². The first-order chi connectivity index (χ1) is 13.1. The van der Waals surface area contributed by atoms with Crippen molar-refractivity contribution in [3.05, 3.63) is 35.5 Å². The Morgan fingerprint density at radius 1 is 1.37 bits per heavy atom. The minimum absolute atomic E-state index is 0.0233. The SMILES string of the molecule is CCN(CC)C(=O)N[C@H]1C=C2c3c(SC)ccc4[nH]cc(c34)C[C@H]2N(C)C1. The van der Waals surface area contributed by atoms with Gasteiger partial charge in [0.15, 0.2) is 0 Å². The number of benzene rings is 1. The number of nitrogens with one attached hydrogen (secondary N) is 2. The van der Waals surface area contributed by atoms with Crippen LogP contribution in [-0.4, -0.2) is 65.8 Å². The molecular weight excluding hydrogens is 356 g/mol. The summed E-state index contributed by atoms with van der Waals surface area (Å²) in [4.78, 5) is 21.5. The summed E-state index contributed by atoms with van der Waals surface area (Å²) in [5, 5.41) is 4.58. The van der Waals surface area contributed by atoms with Gasteiger partial charge in [-0.25, -0.2) is 4.79 Å². The van der Waals surface area contributed by atoms with Crippen LogP contribution >= 0.6 is 11.8 Å². The fraction of sp³-hybridized carbons (Fsp3) is 0.476. The highest BCUT2D eigenvalue weighted by Gasteiger charge is 2.35. The monoisotopic (exact) mass is 384 g/mol. The van der Waals surface area contributed by atoms with Crippen molar-refractivity contribution < 1.29 is 4.79 Å². The molecule has 0 bridgehead atoms. The number of hydrogen-bond acceptors (Lipinski definition) is 3. The quantitative estimate of drug-likeness (QED) is 0.793. The molecule has 2 N–H and O–H groups in total. The molecule has 0 spiro atoms. The van der Waals surface area contributed by atoms with Crippen LogP contribution in [-0.2, 0) is 6.42 Å². The molecule has 0 saturated heterocycles. The second-order valence-corrected chi connectivity index (χ2v) is 8.24. The number of carbonyl (C=O) groups excluding carboxylic acids is 1. The second-order valence-electron chi connectivity index (χ2n) is 7.39. The number of hydrogen-bond donors (Lipinski definition) is 2. The molecule has 0 saturated carbocycles. The number of amides is 2. The van der Waals surface area contributed by atoms with Crippen molar-refractivity contribution in [2.75, 3.05) is 32.9 Å². The smallest absolute Gasteiger partial charge is 0.317 e. The summed E-state index contributed by atoms with van der Waals surface area (Å²) in [6, 6.07) is 4.81. The van der Waals surface area contributed by atoms with Crippen molar-refractivity contribution in [1.29, 1.82) is 0 Å². The van der Waals surface area contributed by atoms with Crippen molar-refractivity contribution in [1.82, 2.24) is 20.1 Å². The molecule has 4 rings (SSSR count). The Hall–Kier alpha value is -1.92. The van der Waals surface area contributed by atoms with E-state index in [0.29, 0.717) is 6.04 Å². The van der Waals surface area contributed by atoms with Gasteiger partial charge in [-0.05, 0) is 56.8 Å². The van der Waals surface area contributed by atoms with Crippen LogP contribution in [0.5, 0.6) is 0 Å². The van der Waals surface area contributed by atoms with Crippen molar-refractivity contribution in [3.8, 4) is 0 Å². The third kappa shape index (κ3) is 3.05. The normalized spacial score (nSPS) is 21.7. The maximum atomic E-state index is 12.6. The van der Waals surface area contributed by atoms with Gasteiger partial charge in [0.05, 0.1) is 6.04 Å². The first kappa shape index (κ1) is 18.4. The molecule has 2 amide bonds. The molecule has 1 aliphatic heterocycles. The maximum absolute atomic E-state index is 12.6. The van der Waals surface area contributed by atoms with Crippen LogP contribution in [0.15, 0.2) is 29.3 Å². The lowest BCUT2D eigenvalue weighted by Gasteiger charge is -2.40. The van der Waals surface area contributed by atoms with Gasteiger partial charge in [0.2, 0.25) is 0 Å². The molecule has 0 fully saturated rings. The van der Waals surface area contributed by atoms with Gasteiger partial charge in [-0.15, -0.1) is 11.8 Å². The van der Waals surface area contributed by atoms with Crippen molar-refractivity contribution in [2.45, 2.75) is 37.2 Å². The molecule has 1 aromatic heterocycles. The van der Waals surface area contributed by atoms with Crippen LogP contribution in [0.3, 0.4) is 0 Å². The van der Waals surface area contributed by atoms with E-state index in [0.717, 1.165) is 26.1 Å². The zero-order valence-electron chi connectivity index (χ0n) is 16.5. The predicted octanol–water partition coefficient (Wildman–Crippen LogP) is 3.56.